The molecule has 26 heavy (non-hydrogen) atoms. The van der Waals surface area contributed by atoms with Gasteiger partial charge in [0.2, 0.25) is 4.77 Å². The van der Waals surface area contributed by atoms with Crippen LogP contribution in [0.2, 0.25) is 0 Å². The minimum absolute atomic E-state index is 0.221. The zero-order chi connectivity index (χ0) is 18.5. The fourth-order valence-electron chi connectivity index (χ4n) is 2.85. The van der Waals surface area contributed by atoms with Crippen LogP contribution in [0.5, 0.6) is 0 Å². The third-order valence-corrected chi connectivity index (χ3v) is 4.40. The maximum Gasteiger partial charge on any atom is 0.203 e. The summed E-state index contributed by atoms with van der Waals surface area (Å²) >= 11 is 5.60. The highest BCUT2D eigenvalue weighted by molar-refractivity contribution is 7.71. The van der Waals surface area contributed by atoms with Crippen molar-refractivity contribution in [3.63, 3.8) is 0 Å². The lowest BCUT2D eigenvalue weighted by Crippen LogP contribution is -3.07. The highest BCUT2D eigenvalue weighted by atomic mass is 32.1. The fraction of sp³-hybridized carbons (Fsp3) is 0.211. The Labute approximate surface area is 157 Å². The summed E-state index contributed by atoms with van der Waals surface area (Å²) in [4.78, 5) is 5.31. The third-order valence-electron chi connectivity index (χ3n) is 3.97. The second-order valence-electron chi connectivity index (χ2n) is 6.17. The molecule has 0 aliphatic heterocycles. The molecule has 0 saturated heterocycles. The molecule has 0 amide bonds. The molecule has 2 heterocycles. The zero-order valence-electron chi connectivity index (χ0n) is 14.6. The van der Waals surface area contributed by atoms with E-state index in [0.29, 0.717) is 24.5 Å². The Bertz CT molecular complexity index is 948. The number of rotatable bonds is 7. The summed E-state index contributed by atoms with van der Waals surface area (Å²) in [5.74, 6) is 0.544. The van der Waals surface area contributed by atoms with Crippen molar-refractivity contribution in [3.05, 3.63) is 77.6 Å². The van der Waals surface area contributed by atoms with E-state index in [-0.39, 0.29) is 5.82 Å². The van der Waals surface area contributed by atoms with E-state index in [1.165, 1.54) is 6.07 Å². The molecule has 5 nitrogen and oxygen atoms in total. The molecule has 3 rings (SSSR count). The standard InChI is InChI=1S/C19H20FN5S/c1-3-10-24-18(16-7-5-9-21-12-16)22-25(19(24)26)14-23(2)13-15-6-4-8-17(20)11-15/h3-9,11-12H,1,10,13-14H2,2H3/p+1. The molecule has 0 saturated carbocycles. The van der Waals surface area contributed by atoms with Gasteiger partial charge in [-0.3, -0.25) is 9.55 Å². The lowest BCUT2D eigenvalue weighted by Gasteiger charge is -2.13. The van der Waals surface area contributed by atoms with Crippen molar-refractivity contribution in [3.8, 4) is 11.4 Å². The first-order valence-corrected chi connectivity index (χ1v) is 8.74. The minimum atomic E-state index is -0.221. The molecule has 0 bridgehead atoms. The molecule has 3 aromatic rings. The van der Waals surface area contributed by atoms with Crippen molar-refractivity contribution in [2.75, 3.05) is 7.05 Å². The Morgan fingerprint density at radius 2 is 2.15 bits per heavy atom. The zero-order valence-corrected chi connectivity index (χ0v) is 15.4. The molecular formula is C19H21FN5S+. The summed E-state index contributed by atoms with van der Waals surface area (Å²) in [5.41, 5.74) is 1.84. The van der Waals surface area contributed by atoms with Crippen LogP contribution in [0.15, 0.2) is 61.4 Å². The van der Waals surface area contributed by atoms with Crippen molar-refractivity contribution in [2.24, 2.45) is 0 Å². The van der Waals surface area contributed by atoms with Gasteiger partial charge in [0.05, 0.1) is 7.05 Å². The predicted molar refractivity (Wildman–Crippen MR) is 101 cm³/mol. The maximum absolute atomic E-state index is 13.4. The highest BCUT2D eigenvalue weighted by Gasteiger charge is 2.15. The van der Waals surface area contributed by atoms with Gasteiger partial charge in [-0.15, -0.1) is 11.7 Å². The maximum atomic E-state index is 13.4. The van der Waals surface area contributed by atoms with E-state index in [4.69, 9.17) is 17.3 Å². The molecular weight excluding hydrogens is 349 g/mol. The highest BCUT2D eigenvalue weighted by Crippen LogP contribution is 2.16. The number of nitrogens with zero attached hydrogens (tertiary/aromatic N) is 4. The van der Waals surface area contributed by atoms with Crippen LogP contribution >= 0.6 is 12.2 Å². The van der Waals surface area contributed by atoms with Crippen LogP contribution in [0.3, 0.4) is 0 Å². The normalized spacial score (nSPS) is 12.1. The number of allylic oxidation sites excluding steroid dienone is 1. The van der Waals surface area contributed by atoms with Gasteiger partial charge < -0.3 is 4.90 Å². The first-order valence-electron chi connectivity index (χ1n) is 8.33. The van der Waals surface area contributed by atoms with Gasteiger partial charge in [-0.25, -0.2) is 4.39 Å². The number of hydrogen-bond donors (Lipinski definition) is 1. The Morgan fingerprint density at radius 3 is 2.85 bits per heavy atom. The molecule has 1 aromatic carbocycles. The lowest BCUT2D eigenvalue weighted by molar-refractivity contribution is -0.917. The average Bonchev–Trinajstić information content (AvgIpc) is 2.92. The second-order valence-corrected chi connectivity index (χ2v) is 6.53. The number of quaternary nitrogens is 1. The molecule has 7 heteroatoms. The molecule has 1 N–H and O–H groups in total. The van der Waals surface area contributed by atoms with E-state index in [0.717, 1.165) is 21.9 Å². The monoisotopic (exact) mass is 370 g/mol. The van der Waals surface area contributed by atoms with Gasteiger partial charge in [0, 0.05) is 30.1 Å². The summed E-state index contributed by atoms with van der Waals surface area (Å²) in [5, 5.41) is 4.69. The van der Waals surface area contributed by atoms with Gasteiger partial charge in [0.25, 0.3) is 0 Å². The molecule has 0 radical (unpaired) electrons. The number of halogens is 1. The van der Waals surface area contributed by atoms with Gasteiger partial charge in [-0.1, -0.05) is 18.2 Å². The molecule has 2 aromatic heterocycles. The SMILES string of the molecule is C=CCn1c(-c2cccnc2)nn(C[NH+](C)Cc2cccc(F)c2)c1=S. The van der Waals surface area contributed by atoms with Crippen molar-refractivity contribution in [1.82, 2.24) is 19.3 Å². The largest absolute Gasteiger partial charge is 0.315 e. The molecule has 0 aliphatic rings. The Morgan fingerprint density at radius 1 is 1.31 bits per heavy atom. The van der Waals surface area contributed by atoms with E-state index >= 15 is 0 Å². The number of nitrogens with one attached hydrogen (secondary N) is 1. The van der Waals surface area contributed by atoms with Gasteiger partial charge in [-0.2, -0.15) is 4.68 Å². The summed E-state index contributed by atoms with van der Waals surface area (Å²) in [6.07, 6.45) is 5.29. The summed E-state index contributed by atoms with van der Waals surface area (Å²) in [7, 11) is 2.03. The number of benzene rings is 1. The average molecular weight is 370 g/mol. The van der Waals surface area contributed by atoms with Gasteiger partial charge >= 0.3 is 0 Å². The van der Waals surface area contributed by atoms with Crippen LogP contribution in [0.4, 0.5) is 4.39 Å². The van der Waals surface area contributed by atoms with Crippen LogP contribution in [0, 0.1) is 10.6 Å². The van der Waals surface area contributed by atoms with Crippen LogP contribution in [0.25, 0.3) is 11.4 Å². The van der Waals surface area contributed by atoms with Crippen molar-refractivity contribution >= 4 is 12.2 Å². The van der Waals surface area contributed by atoms with Crippen molar-refractivity contribution in [1.29, 1.82) is 0 Å². The third kappa shape index (κ3) is 4.12. The van der Waals surface area contributed by atoms with Gasteiger partial charge in [-0.05, 0) is 36.5 Å². The van der Waals surface area contributed by atoms with E-state index in [9.17, 15) is 4.39 Å². The molecule has 134 valence electrons. The van der Waals surface area contributed by atoms with E-state index in [2.05, 4.69) is 11.6 Å². The van der Waals surface area contributed by atoms with Gasteiger partial charge in [0.15, 0.2) is 12.5 Å². The molecule has 1 unspecified atom stereocenters. The summed E-state index contributed by atoms with van der Waals surface area (Å²) < 4.78 is 17.7. The lowest BCUT2D eigenvalue weighted by atomic mass is 10.2. The second kappa shape index (κ2) is 8.16. The van der Waals surface area contributed by atoms with Crippen molar-refractivity contribution in [2.45, 2.75) is 19.8 Å². The molecule has 0 aliphatic carbocycles. The van der Waals surface area contributed by atoms with Gasteiger partial charge in [0.1, 0.15) is 12.4 Å². The topological polar surface area (TPSA) is 40.1 Å². The van der Waals surface area contributed by atoms with Crippen LogP contribution in [-0.4, -0.2) is 26.4 Å². The minimum Gasteiger partial charge on any atom is -0.315 e. The number of aromatic nitrogens is 4. The van der Waals surface area contributed by atoms with Crippen molar-refractivity contribution < 1.29 is 9.29 Å². The number of pyridine rings is 1. The first-order chi connectivity index (χ1) is 12.6. The Balaban J connectivity index is 1.86. The summed E-state index contributed by atoms with van der Waals surface area (Å²) in [6, 6.07) is 10.5. The van der Waals surface area contributed by atoms with Crippen LogP contribution < -0.4 is 4.90 Å². The molecule has 0 fully saturated rings. The predicted octanol–water partition coefficient (Wildman–Crippen LogP) is 2.47. The number of hydrogen-bond acceptors (Lipinski definition) is 3. The van der Waals surface area contributed by atoms with Crippen LogP contribution in [0.1, 0.15) is 5.56 Å². The summed E-state index contributed by atoms with van der Waals surface area (Å²) in [6.45, 7) is 5.63. The Hall–Kier alpha value is -2.64. The van der Waals surface area contributed by atoms with E-state index < -0.39 is 0 Å². The van der Waals surface area contributed by atoms with Crippen LogP contribution in [-0.2, 0) is 19.8 Å². The Kier molecular flexibility index (Phi) is 5.70. The quantitative estimate of drug-likeness (QED) is 0.513. The van der Waals surface area contributed by atoms with E-state index in [1.54, 1.807) is 35.3 Å². The smallest absolute Gasteiger partial charge is 0.203 e. The first kappa shape index (κ1) is 18.2. The van der Waals surface area contributed by atoms with E-state index in [1.807, 2.05) is 29.8 Å². The molecule has 1 atom stereocenters. The molecule has 0 spiro atoms. The fourth-order valence-corrected chi connectivity index (χ4v) is 3.12.